The van der Waals surface area contributed by atoms with Crippen LogP contribution in [0.4, 0.5) is 18.9 Å². The number of piperazine rings is 1. The van der Waals surface area contributed by atoms with E-state index in [0.29, 0.717) is 37.9 Å². The highest BCUT2D eigenvalue weighted by molar-refractivity contribution is 5.95. The summed E-state index contributed by atoms with van der Waals surface area (Å²) >= 11 is 0. The molecule has 0 radical (unpaired) electrons. The Balaban J connectivity index is 1.43. The Morgan fingerprint density at radius 1 is 0.875 bits per heavy atom. The van der Waals surface area contributed by atoms with E-state index in [4.69, 9.17) is 0 Å². The van der Waals surface area contributed by atoms with Crippen molar-refractivity contribution in [2.45, 2.75) is 31.7 Å². The summed E-state index contributed by atoms with van der Waals surface area (Å²) in [6.45, 7) is 1.66. The summed E-state index contributed by atoms with van der Waals surface area (Å²) in [5.74, 6) is -2.36. The number of benzene rings is 2. The number of carbonyl (C=O) groups is 2. The van der Waals surface area contributed by atoms with Crippen molar-refractivity contribution < 1.29 is 22.8 Å². The Morgan fingerprint density at radius 3 is 2.12 bits per heavy atom. The third-order valence-electron chi connectivity index (χ3n) is 6.38. The van der Waals surface area contributed by atoms with E-state index in [-0.39, 0.29) is 29.2 Å². The Labute approximate surface area is 185 Å². The van der Waals surface area contributed by atoms with Crippen molar-refractivity contribution in [1.82, 2.24) is 9.80 Å². The molecule has 1 saturated heterocycles. The van der Waals surface area contributed by atoms with Crippen LogP contribution in [0.15, 0.2) is 42.5 Å². The number of hydrogen-bond acceptors (Lipinski definition) is 3. The van der Waals surface area contributed by atoms with E-state index in [2.05, 4.69) is 10.2 Å². The number of nitrogens with zero attached hydrogens (tertiary/aromatic N) is 2. The first-order valence-corrected chi connectivity index (χ1v) is 11.0. The minimum atomic E-state index is -0.875. The average molecular weight is 445 g/mol. The van der Waals surface area contributed by atoms with Crippen molar-refractivity contribution >= 4 is 17.5 Å². The van der Waals surface area contributed by atoms with Crippen LogP contribution in [-0.2, 0) is 4.79 Å². The minimum Gasteiger partial charge on any atom is -0.336 e. The quantitative estimate of drug-likeness (QED) is 0.755. The van der Waals surface area contributed by atoms with E-state index in [0.717, 1.165) is 37.8 Å². The van der Waals surface area contributed by atoms with Crippen LogP contribution in [-0.4, -0.2) is 53.8 Å². The monoisotopic (exact) mass is 445 g/mol. The lowest BCUT2D eigenvalue weighted by molar-refractivity contribution is -0.123. The highest BCUT2D eigenvalue weighted by atomic mass is 19.1. The van der Waals surface area contributed by atoms with Crippen LogP contribution in [0.3, 0.4) is 0 Å². The van der Waals surface area contributed by atoms with E-state index in [1.165, 1.54) is 29.2 Å². The zero-order chi connectivity index (χ0) is 22.7. The Morgan fingerprint density at radius 2 is 1.50 bits per heavy atom. The first kappa shape index (κ1) is 22.3. The van der Waals surface area contributed by atoms with Crippen LogP contribution in [0, 0.1) is 23.4 Å². The van der Waals surface area contributed by atoms with Crippen LogP contribution < -0.4 is 5.32 Å². The SMILES string of the molecule is O=C(Nc1ccc(F)cc1)[C@@H](C1CCCC1)N1CCN(C(=O)c2ccc(F)cc2F)CC1. The van der Waals surface area contributed by atoms with Gasteiger partial charge < -0.3 is 10.2 Å². The maximum absolute atomic E-state index is 14.0. The zero-order valence-corrected chi connectivity index (χ0v) is 17.7. The largest absolute Gasteiger partial charge is 0.336 e. The van der Waals surface area contributed by atoms with Gasteiger partial charge in [-0.2, -0.15) is 0 Å². The normalized spacial score (nSPS) is 18.5. The fraction of sp³-hybridized carbons (Fsp3) is 0.417. The summed E-state index contributed by atoms with van der Waals surface area (Å²) in [5, 5.41) is 2.90. The fourth-order valence-electron chi connectivity index (χ4n) is 4.74. The van der Waals surface area contributed by atoms with E-state index in [9.17, 15) is 22.8 Å². The summed E-state index contributed by atoms with van der Waals surface area (Å²) in [7, 11) is 0. The minimum absolute atomic E-state index is 0.132. The van der Waals surface area contributed by atoms with Gasteiger partial charge >= 0.3 is 0 Å². The van der Waals surface area contributed by atoms with E-state index in [1.54, 1.807) is 0 Å². The fourth-order valence-corrected chi connectivity index (χ4v) is 4.74. The molecule has 1 saturated carbocycles. The van der Waals surface area contributed by atoms with Crippen molar-refractivity contribution in [3.8, 4) is 0 Å². The van der Waals surface area contributed by atoms with Crippen LogP contribution in [0.25, 0.3) is 0 Å². The van der Waals surface area contributed by atoms with Gasteiger partial charge in [-0.05, 0) is 55.2 Å². The molecule has 0 aromatic heterocycles. The van der Waals surface area contributed by atoms with E-state index in [1.807, 2.05) is 0 Å². The maximum atomic E-state index is 14.0. The molecule has 0 unspecified atom stereocenters. The highest BCUT2D eigenvalue weighted by Gasteiger charge is 2.37. The summed E-state index contributed by atoms with van der Waals surface area (Å²) in [6, 6.07) is 8.28. The van der Waals surface area contributed by atoms with Gasteiger partial charge in [0.1, 0.15) is 17.5 Å². The van der Waals surface area contributed by atoms with Crippen LogP contribution in [0.5, 0.6) is 0 Å². The molecule has 1 atom stereocenters. The molecule has 2 aliphatic rings. The molecule has 1 heterocycles. The number of carbonyl (C=O) groups excluding carboxylic acids is 2. The molecule has 2 fully saturated rings. The molecule has 4 rings (SSSR count). The first-order valence-electron chi connectivity index (χ1n) is 11.0. The van der Waals surface area contributed by atoms with Crippen LogP contribution in [0.1, 0.15) is 36.0 Å². The second-order valence-electron chi connectivity index (χ2n) is 8.44. The number of hydrogen-bond donors (Lipinski definition) is 1. The first-order chi connectivity index (χ1) is 15.4. The lowest BCUT2D eigenvalue weighted by Gasteiger charge is -2.40. The number of rotatable bonds is 5. The van der Waals surface area contributed by atoms with E-state index < -0.39 is 17.5 Å². The number of amides is 2. The molecule has 1 aliphatic heterocycles. The molecular weight excluding hydrogens is 419 g/mol. The third-order valence-corrected chi connectivity index (χ3v) is 6.38. The molecule has 2 amide bonds. The number of anilines is 1. The van der Waals surface area contributed by atoms with Gasteiger partial charge in [-0.1, -0.05) is 12.8 Å². The Hall–Kier alpha value is -2.87. The smallest absolute Gasteiger partial charge is 0.256 e. The highest BCUT2D eigenvalue weighted by Crippen LogP contribution is 2.32. The molecule has 0 spiro atoms. The van der Waals surface area contributed by atoms with Gasteiger partial charge in [-0.25, -0.2) is 13.2 Å². The second kappa shape index (κ2) is 9.73. The van der Waals surface area contributed by atoms with E-state index >= 15 is 0 Å². The van der Waals surface area contributed by atoms with Gasteiger partial charge in [-0.15, -0.1) is 0 Å². The summed E-state index contributed by atoms with van der Waals surface area (Å²) in [4.78, 5) is 29.5. The summed E-state index contributed by atoms with van der Waals surface area (Å²) in [5.41, 5.74) is 0.390. The maximum Gasteiger partial charge on any atom is 0.256 e. The average Bonchev–Trinajstić information content (AvgIpc) is 3.30. The van der Waals surface area contributed by atoms with Crippen molar-refractivity contribution in [2.75, 3.05) is 31.5 Å². The van der Waals surface area contributed by atoms with Crippen molar-refractivity contribution in [2.24, 2.45) is 5.92 Å². The van der Waals surface area contributed by atoms with Gasteiger partial charge in [0.2, 0.25) is 5.91 Å². The van der Waals surface area contributed by atoms with Gasteiger partial charge in [0.05, 0.1) is 11.6 Å². The Bertz CT molecular complexity index is 969. The van der Waals surface area contributed by atoms with Gasteiger partial charge in [-0.3, -0.25) is 14.5 Å². The molecule has 5 nitrogen and oxygen atoms in total. The van der Waals surface area contributed by atoms with Crippen molar-refractivity contribution in [3.05, 3.63) is 65.5 Å². The second-order valence-corrected chi connectivity index (χ2v) is 8.44. The molecular formula is C24H26F3N3O2. The molecule has 32 heavy (non-hydrogen) atoms. The van der Waals surface area contributed by atoms with Crippen molar-refractivity contribution in [3.63, 3.8) is 0 Å². The number of halogens is 3. The summed E-state index contributed by atoms with van der Waals surface area (Å²) in [6.07, 6.45) is 4.07. The lowest BCUT2D eigenvalue weighted by atomic mass is 9.94. The standard InChI is InChI=1S/C24H26F3N3O2/c25-17-5-8-19(9-6-17)28-23(31)22(16-3-1-2-4-16)29-11-13-30(14-12-29)24(32)20-10-7-18(26)15-21(20)27/h5-10,15-16,22H,1-4,11-14H2,(H,28,31)/t22-/m1/s1. The third kappa shape index (κ3) is 4.96. The van der Waals surface area contributed by atoms with Crippen LogP contribution >= 0.6 is 0 Å². The lowest BCUT2D eigenvalue weighted by Crippen LogP contribution is -2.57. The summed E-state index contributed by atoms with van der Waals surface area (Å²) < 4.78 is 40.4. The van der Waals surface area contributed by atoms with Crippen LogP contribution in [0.2, 0.25) is 0 Å². The molecule has 1 aliphatic carbocycles. The molecule has 170 valence electrons. The van der Waals surface area contributed by atoms with Gasteiger partial charge in [0.15, 0.2) is 0 Å². The Kier molecular flexibility index (Phi) is 6.79. The molecule has 0 bridgehead atoms. The predicted octanol–water partition coefficient (Wildman–Crippen LogP) is 4.06. The molecule has 8 heteroatoms. The topological polar surface area (TPSA) is 52.7 Å². The number of nitrogens with one attached hydrogen (secondary N) is 1. The van der Waals surface area contributed by atoms with Gasteiger partial charge in [0.25, 0.3) is 5.91 Å². The van der Waals surface area contributed by atoms with Gasteiger partial charge in [0, 0.05) is 37.9 Å². The molecule has 1 N–H and O–H groups in total. The molecule has 2 aromatic rings. The zero-order valence-electron chi connectivity index (χ0n) is 17.7. The molecule has 2 aromatic carbocycles. The predicted molar refractivity (Wildman–Crippen MR) is 115 cm³/mol. The van der Waals surface area contributed by atoms with Crippen molar-refractivity contribution in [1.29, 1.82) is 0 Å².